The van der Waals surface area contributed by atoms with Crippen LogP contribution in [0.3, 0.4) is 0 Å². The Morgan fingerprint density at radius 2 is 1.94 bits per heavy atom. The van der Waals surface area contributed by atoms with Crippen molar-refractivity contribution in [2.75, 3.05) is 26.7 Å². The molecule has 2 aromatic carbocycles. The predicted octanol–water partition coefficient (Wildman–Crippen LogP) is 5.63. The molecule has 192 valence electrons. The average molecular weight is 491 g/mol. The number of piperazine rings is 1. The van der Waals surface area contributed by atoms with E-state index < -0.39 is 6.09 Å². The first-order valence-electron chi connectivity index (χ1n) is 13.2. The Balaban J connectivity index is 1.23. The fraction of sp³-hybridized carbons (Fsp3) is 0.500. The van der Waals surface area contributed by atoms with Crippen molar-refractivity contribution in [3.63, 3.8) is 0 Å². The van der Waals surface area contributed by atoms with Gasteiger partial charge in [-0.2, -0.15) is 0 Å². The van der Waals surface area contributed by atoms with E-state index in [0.717, 1.165) is 55.8 Å². The summed E-state index contributed by atoms with van der Waals surface area (Å²) in [7, 11) is 1.72. The minimum absolute atomic E-state index is 0.161. The molecule has 0 unspecified atom stereocenters. The summed E-state index contributed by atoms with van der Waals surface area (Å²) < 4.78 is 11.8. The van der Waals surface area contributed by atoms with Gasteiger partial charge in [0, 0.05) is 37.3 Å². The largest absolute Gasteiger partial charge is 0.496 e. The lowest BCUT2D eigenvalue weighted by Crippen LogP contribution is -2.48. The number of amides is 1. The van der Waals surface area contributed by atoms with Gasteiger partial charge in [-0.15, -0.1) is 0 Å². The van der Waals surface area contributed by atoms with E-state index in [1.165, 1.54) is 27.8 Å². The molecule has 0 aromatic heterocycles. The highest BCUT2D eigenvalue weighted by molar-refractivity contribution is 5.72. The lowest BCUT2D eigenvalue weighted by atomic mass is 9.86. The predicted molar refractivity (Wildman–Crippen MR) is 142 cm³/mol. The van der Waals surface area contributed by atoms with E-state index in [9.17, 15) is 9.90 Å². The maximum Gasteiger partial charge on any atom is 0.407 e. The number of rotatable bonds is 8. The van der Waals surface area contributed by atoms with Crippen LogP contribution in [0.2, 0.25) is 0 Å². The standard InChI is InChI=1S/C30H38N2O4/c1-19(2)11-21-5-6-24(29(12-21)35-4)18-36-27-9-10-28-20(3)23(8-7-22(28)13-27)15-31-16-26-14-25(31)17-32(26)30(33)34/h5-6,9-10,12-13,19,25-26H,7-8,11,14-18H2,1-4H3,(H,33,34)/t25-,26-/m0/s1. The van der Waals surface area contributed by atoms with E-state index in [-0.39, 0.29) is 6.04 Å². The molecule has 36 heavy (non-hydrogen) atoms. The summed E-state index contributed by atoms with van der Waals surface area (Å²) in [6.45, 7) is 9.62. The smallest absolute Gasteiger partial charge is 0.407 e. The van der Waals surface area contributed by atoms with Crippen LogP contribution in [0.15, 0.2) is 42.0 Å². The Morgan fingerprint density at radius 1 is 1.11 bits per heavy atom. The van der Waals surface area contributed by atoms with Gasteiger partial charge in [-0.3, -0.25) is 4.90 Å². The van der Waals surface area contributed by atoms with Crippen molar-refractivity contribution in [1.29, 1.82) is 0 Å². The molecule has 1 N–H and O–H groups in total. The Morgan fingerprint density at radius 3 is 2.64 bits per heavy atom. The number of fused-ring (bicyclic) bond motifs is 3. The Kier molecular flexibility index (Phi) is 6.98. The molecule has 2 heterocycles. The van der Waals surface area contributed by atoms with E-state index in [0.29, 0.717) is 25.1 Å². The van der Waals surface area contributed by atoms with Crippen molar-refractivity contribution in [3.8, 4) is 11.5 Å². The lowest BCUT2D eigenvalue weighted by Gasteiger charge is -2.34. The number of carboxylic acid groups (broad SMARTS) is 1. The number of allylic oxidation sites excluding steroid dienone is 1. The molecule has 6 nitrogen and oxygen atoms in total. The second-order valence-electron chi connectivity index (χ2n) is 11.0. The van der Waals surface area contributed by atoms with Crippen LogP contribution in [0.25, 0.3) is 5.57 Å². The molecule has 0 spiro atoms. The van der Waals surface area contributed by atoms with Gasteiger partial charge in [0.1, 0.15) is 18.1 Å². The first-order chi connectivity index (χ1) is 17.3. The third kappa shape index (κ3) is 4.96. The van der Waals surface area contributed by atoms with Crippen molar-refractivity contribution >= 4 is 11.7 Å². The number of ether oxygens (including phenoxy) is 2. The van der Waals surface area contributed by atoms with E-state index >= 15 is 0 Å². The van der Waals surface area contributed by atoms with E-state index in [4.69, 9.17) is 9.47 Å². The summed E-state index contributed by atoms with van der Waals surface area (Å²) in [5, 5.41) is 9.37. The summed E-state index contributed by atoms with van der Waals surface area (Å²) >= 11 is 0. The van der Waals surface area contributed by atoms with Gasteiger partial charge in [0.2, 0.25) is 0 Å². The molecule has 2 bridgehead atoms. The molecule has 0 radical (unpaired) electrons. The normalized spacial score (nSPS) is 21.3. The molecule has 1 amide bonds. The molecule has 0 saturated carbocycles. The molecule has 2 aliphatic heterocycles. The van der Waals surface area contributed by atoms with Gasteiger partial charge in [-0.05, 0) is 79.0 Å². The summed E-state index contributed by atoms with van der Waals surface area (Å²) in [4.78, 5) is 15.5. The van der Waals surface area contributed by atoms with E-state index in [1.54, 1.807) is 12.0 Å². The minimum atomic E-state index is -0.774. The van der Waals surface area contributed by atoms with Gasteiger partial charge < -0.3 is 19.5 Å². The molecule has 5 rings (SSSR count). The third-order valence-electron chi connectivity index (χ3n) is 8.09. The van der Waals surface area contributed by atoms with Gasteiger partial charge in [0.25, 0.3) is 0 Å². The molecule has 3 aliphatic rings. The van der Waals surface area contributed by atoms with Gasteiger partial charge >= 0.3 is 6.09 Å². The lowest BCUT2D eigenvalue weighted by molar-refractivity contribution is 0.106. The van der Waals surface area contributed by atoms with Crippen LogP contribution >= 0.6 is 0 Å². The van der Waals surface area contributed by atoms with Crippen molar-refractivity contribution in [1.82, 2.24) is 9.80 Å². The van der Waals surface area contributed by atoms with Crippen LogP contribution in [-0.4, -0.2) is 59.8 Å². The number of carbonyl (C=O) groups is 1. The van der Waals surface area contributed by atoms with Crippen LogP contribution in [0.4, 0.5) is 4.79 Å². The monoisotopic (exact) mass is 490 g/mol. The number of hydrogen-bond donors (Lipinski definition) is 1. The van der Waals surface area contributed by atoms with Crippen molar-refractivity contribution in [2.45, 2.75) is 65.1 Å². The van der Waals surface area contributed by atoms with Crippen molar-refractivity contribution < 1.29 is 19.4 Å². The summed E-state index contributed by atoms with van der Waals surface area (Å²) in [6, 6.07) is 13.4. The van der Waals surface area contributed by atoms with Crippen LogP contribution < -0.4 is 9.47 Å². The summed E-state index contributed by atoms with van der Waals surface area (Å²) in [5.41, 5.74) is 7.85. The van der Waals surface area contributed by atoms with E-state index in [2.05, 4.69) is 62.1 Å². The molecular weight excluding hydrogens is 452 g/mol. The maximum atomic E-state index is 11.4. The molecule has 1 aliphatic carbocycles. The average Bonchev–Trinajstić information content (AvgIpc) is 3.45. The highest BCUT2D eigenvalue weighted by Crippen LogP contribution is 2.37. The van der Waals surface area contributed by atoms with Gasteiger partial charge in [0.15, 0.2) is 0 Å². The molecular formula is C30H38N2O4. The summed E-state index contributed by atoms with van der Waals surface area (Å²) in [6.07, 6.45) is 3.29. The number of hydrogen-bond acceptors (Lipinski definition) is 4. The second kappa shape index (κ2) is 10.2. The van der Waals surface area contributed by atoms with Gasteiger partial charge in [-0.1, -0.05) is 37.6 Å². The first kappa shape index (κ1) is 24.7. The zero-order valence-corrected chi connectivity index (χ0v) is 21.9. The number of methoxy groups -OCH3 is 1. The number of nitrogens with zero attached hydrogens (tertiary/aromatic N) is 2. The Labute approximate surface area is 214 Å². The Hall–Kier alpha value is -2.99. The van der Waals surface area contributed by atoms with E-state index in [1.807, 2.05) is 0 Å². The van der Waals surface area contributed by atoms with Gasteiger partial charge in [-0.25, -0.2) is 4.79 Å². The molecule has 2 saturated heterocycles. The van der Waals surface area contributed by atoms with Crippen LogP contribution in [0, 0.1) is 5.92 Å². The maximum absolute atomic E-state index is 11.4. The van der Waals surface area contributed by atoms with Crippen LogP contribution in [-0.2, 0) is 19.4 Å². The minimum Gasteiger partial charge on any atom is -0.496 e. The topological polar surface area (TPSA) is 62.2 Å². The number of likely N-dealkylation sites (tertiary alicyclic amines) is 2. The SMILES string of the molecule is COc1cc(CC(C)C)ccc1COc1ccc2c(c1)CCC(CN1C[C@@H]3C[C@H]1CN3C(=O)O)=C2C. The molecule has 2 aromatic rings. The molecule has 6 heteroatoms. The number of aryl methyl sites for hydroxylation is 1. The van der Waals surface area contributed by atoms with Crippen molar-refractivity contribution in [2.24, 2.45) is 5.92 Å². The molecule has 2 atom stereocenters. The van der Waals surface area contributed by atoms with Crippen LogP contribution in [0.5, 0.6) is 11.5 Å². The third-order valence-corrected chi connectivity index (χ3v) is 8.09. The van der Waals surface area contributed by atoms with Gasteiger partial charge in [0.05, 0.1) is 7.11 Å². The fourth-order valence-electron chi connectivity index (χ4n) is 6.18. The quantitative estimate of drug-likeness (QED) is 0.520. The zero-order chi connectivity index (χ0) is 25.4. The highest BCUT2D eigenvalue weighted by atomic mass is 16.5. The Bertz CT molecular complexity index is 1170. The zero-order valence-electron chi connectivity index (χ0n) is 21.9. The highest BCUT2D eigenvalue weighted by Gasteiger charge is 2.45. The fourth-order valence-corrected chi connectivity index (χ4v) is 6.18. The van der Waals surface area contributed by atoms with Crippen LogP contribution in [0.1, 0.15) is 55.9 Å². The summed E-state index contributed by atoms with van der Waals surface area (Å²) in [5.74, 6) is 2.39. The number of benzene rings is 2. The van der Waals surface area contributed by atoms with Crippen molar-refractivity contribution in [3.05, 3.63) is 64.2 Å². The molecule has 2 fully saturated rings. The first-order valence-corrected chi connectivity index (χ1v) is 13.2. The second-order valence-corrected chi connectivity index (χ2v) is 11.0.